The predicted molar refractivity (Wildman–Crippen MR) is 73.0 cm³/mol. The maximum atomic E-state index is 12.9. The molecule has 5 heteroatoms. The van der Waals surface area contributed by atoms with Gasteiger partial charge in [0.05, 0.1) is 11.7 Å². The molecule has 2 aliphatic rings. The van der Waals surface area contributed by atoms with Crippen molar-refractivity contribution >= 4 is 5.91 Å². The van der Waals surface area contributed by atoms with Crippen molar-refractivity contribution < 1.29 is 14.3 Å². The lowest BCUT2D eigenvalue weighted by atomic mass is 9.89. The Kier molecular flexibility index (Phi) is 4.18. The van der Waals surface area contributed by atoms with Crippen molar-refractivity contribution in [3.8, 4) is 0 Å². The van der Waals surface area contributed by atoms with Gasteiger partial charge in [0.15, 0.2) is 0 Å². The normalized spacial score (nSPS) is 30.1. The number of hydrogen-bond acceptors (Lipinski definition) is 4. The van der Waals surface area contributed by atoms with E-state index in [0.29, 0.717) is 13.1 Å². The number of ether oxygens (including phenoxy) is 2. The van der Waals surface area contributed by atoms with Crippen LogP contribution in [0.1, 0.15) is 33.6 Å². The molecule has 2 aliphatic heterocycles. The van der Waals surface area contributed by atoms with E-state index in [1.54, 1.807) is 7.11 Å². The first-order valence-electron chi connectivity index (χ1n) is 7.12. The van der Waals surface area contributed by atoms with E-state index in [2.05, 4.69) is 5.32 Å². The third-order valence-electron chi connectivity index (χ3n) is 4.05. The maximum absolute atomic E-state index is 12.9. The summed E-state index contributed by atoms with van der Waals surface area (Å²) in [4.78, 5) is 14.8. The number of rotatable bonds is 2. The molecule has 0 aromatic carbocycles. The summed E-state index contributed by atoms with van der Waals surface area (Å²) in [6.07, 6.45) is 1.56. The molecule has 1 unspecified atom stereocenters. The summed E-state index contributed by atoms with van der Waals surface area (Å²) in [7, 11) is 1.65. The molecule has 0 radical (unpaired) electrons. The summed E-state index contributed by atoms with van der Waals surface area (Å²) in [6, 6.07) is 0. The number of amides is 1. The van der Waals surface area contributed by atoms with Crippen molar-refractivity contribution in [2.75, 3.05) is 33.3 Å². The van der Waals surface area contributed by atoms with E-state index in [1.165, 1.54) is 0 Å². The van der Waals surface area contributed by atoms with Crippen LogP contribution in [0.15, 0.2) is 0 Å². The van der Waals surface area contributed by atoms with E-state index in [4.69, 9.17) is 9.47 Å². The van der Waals surface area contributed by atoms with Crippen molar-refractivity contribution in [2.24, 2.45) is 0 Å². The Labute approximate surface area is 115 Å². The van der Waals surface area contributed by atoms with E-state index in [9.17, 15) is 4.79 Å². The highest BCUT2D eigenvalue weighted by atomic mass is 16.5. The molecule has 1 amide bonds. The van der Waals surface area contributed by atoms with E-state index in [-0.39, 0.29) is 17.6 Å². The van der Waals surface area contributed by atoms with Crippen LogP contribution in [-0.2, 0) is 14.3 Å². The molecule has 5 nitrogen and oxygen atoms in total. The van der Waals surface area contributed by atoms with Crippen LogP contribution in [0.5, 0.6) is 0 Å². The van der Waals surface area contributed by atoms with Crippen LogP contribution < -0.4 is 5.32 Å². The largest absolute Gasteiger partial charge is 0.369 e. The van der Waals surface area contributed by atoms with E-state index < -0.39 is 5.60 Å². The Bertz CT molecular complexity index is 338. The quantitative estimate of drug-likeness (QED) is 0.805. The van der Waals surface area contributed by atoms with E-state index in [1.807, 2.05) is 25.7 Å². The van der Waals surface area contributed by atoms with Crippen molar-refractivity contribution in [2.45, 2.75) is 50.9 Å². The lowest BCUT2D eigenvalue weighted by molar-refractivity contribution is -0.179. The second kappa shape index (κ2) is 5.38. The minimum absolute atomic E-state index is 0.0725. The van der Waals surface area contributed by atoms with Gasteiger partial charge in [-0.25, -0.2) is 0 Å². The van der Waals surface area contributed by atoms with Crippen molar-refractivity contribution in [3.63, 3.8) is 0 Å². The fraction of sp³-hybridized carbons (Fsp3) is 0.929. The summed E-state index contributed by atoms with van der Waals surface area (Å²) < 4.78 is 11.5. The van der Waals surface area contributed by atoms with Gasteiger partial charge in [-0.2, -0.15) is 0 Å². The number of carbonyl (C=O) groups excluding carboxylic acids is 1. The number of carbonyl (C=O) groups is 1. The molecule has 0 aromatic heterocycles. The van der Waals surface area contributed by atoms with Crippen LogP contribution in [-0.4, -0.2) is 61.4 Å². The molecule has 19 heavy (non-hydrogen) atoms. The number of methoxy groups -OCH3 is 1. The minimum Gasteiger partial charge on any atom is -0.369 e. The zero-order chi connectivity index (χ0) is 14.1. The van der Waals surface area contributed by atoms with Gasteiger partial charge in [-0.05, 0) is 46.7 Å². The highest BCUT2D eigenvalue weighted by molar-refractivity contribution is 5.85. The highest BCUT2D eigenvalue weighted by Crippen LogP contribution is 2.29. The van der Waals surface area contributed by atoms with Crippen molar-refractivity contribution in [1.82, 2.24) is 10.2 Å². The molecule has 0 saturated carbocycles. The molecule has 1 N–H and O–H groups in total. The van der Waals surface area contributed by atoms with Gasteiger partial charge in [0.2, 0.25) is 0 Å². The Balaban J connectivity index is 2.13. The zero-order valence-corrected chi connectivity index (χ0v) is 12.5. The zero-order valence-electron chi connectivity index (χ0n) is 12.5. The van der Waals surface area contributed by atoms with Crippen molar-refractivity contribution in [1.29, 1.82) is 0 Å². The molecule has 0 spiro atoms. The number of hydrogen-bond donors (Lipinski definition) is 1. The molecule has 0 aromatic rings. The van der Waals surface area contributed by atoms with Gasteiger partial charge in [-0.15, -0.1) is 0 Å². The van der Waals surface area contributed by atoms with Gasteiger partial charge in [0, 0.05) is 20.2 Å². The SMILES string of the molecule is COC1(C(=O)N2CC(C)OC(C)(C)C2)CCNCC1. The number of nitrogens with zero attached hydrogens (tertiary/aromatic N) is 1. The lowest BCUT2D eigenvalue weighted by Gasteiger charge is -2.46. The monoisotopic (exact) mass is 270 g/mol. The summed E-state index contributed by atoms with van der Waals surface area (Å²) in [5.74, 6) is 0.125. The molecule has 0 aliphatic carbocycles. The molecule has 110 valence electrons. The van der Waals surface area contributed by atoms with Gasteiger partial charge >= 0.3 is 0 Å². The molecular weight excluding hydrogens is 244 g/mol. The average molecular weight is 270 g/mol. The topological polar surface area (TPSA) is 50.8 Å². The van der Waals surface area contributed by atoms with Crippen LogP contribution in [0.3, 0.4) is 0 Å². The Morgan fingerprint density at radius 3 is 2.53 bits per heavy atom. The van der Waals surface area contributed by atoms with Gasteiger partial charge in [0.1, 0.15) is 5.60 Å². The standard InChI is InChI=1S/C14H26N2O3/c1-11-9-16(10-13(2,3)19-11)12(17)14(18-4)5-7-15-8-6-14/h11,15H,5-10H2,1-4H3. The number of nitrogens with one attached hydrogen (secondary N) is 1. The minimum atomic E-state index is -0.640. The van der Waals surface area contributed by atoms with Crippen LogP contribution in [0.2, 0.25) is 0 Å². The summed E-state index contributed by atoms with van der Waals surface area (Å²) in [5, 5.41) is 3.28. The Morgan fingerprint density at radius 1 is 1.37 bits per heavy atom. The second-order valence-electron chi connectivity index (χ2n) is 6.32. The molecule has 2 saturated heterocycles. The van der Waals surface area contributed by atoms with Gasteiger partial charge in [0.25, 0.3) is 5.91 Å². The number of piperidine rings is 1. The molecule has 0 bridgehead atoms. The lowest BCUT2D eigenvalue weighted by Crippen LogP contribution is -2.61. The molecule has 2 heterocycles. The smallest absolute Gasteiger partial charge is 0.255 e. The molecule has 2 fully saturated rings. The molecular formula is C14H26N2O3. The Morgan fingerprint density at radius 2 is 2.00 bits per heavy atom. The molecule has 1 atom stereocenters. The van der Waals surface area contributed by atoms with Gasteiger partial charge in [-0.3, -0.25) is 4.79 Å². The first kappa shape index (κ1) is 14.8. The summed E-state index contributed by atoms with van der Waals surface area (Å²) in [5.41, 5.74) is -0.923. The second-order valence-corrected chi connectivity index (χ2v) is 6.32. The summed E-state index contributed by atoms with van der Waals surface area (Å²) >= 11 is 0. The maximum Gasteiger partial charge on any atom is 0.255 e. The highest BCUT2D eigenvalue weighted by Gasteiger charge is 2.45. The predicted octanol–water partition coefficient (Wildman–Crippen LogP) is 0.781. The van der Waals surface area contributed by atoms with Crippen LogP contribution >= 0.6 is 0 Å². The summed E-state index contributed by atoms with van der Waals surface area (Å²) in [6.45, 7) is 9.04. The third-order valence-corrected chi connectivity index (χ3v) is 4.05. The average Bonchev–Trinajstić information content (AvgIpc) is 2.36. The van der Waals surface area contributed by atoms with Crippen LogP contribution in [0.25, 0.3) is 0 Å². The first-order valence-corrected chi connectivity index (χ1v) is 7.12. The van der Waals surface area contributed by atoms with Crippen molar-refractivity contribution in [3.05, 3.63) is 0 Å². The number of morpholine rings is 1. The van der Waals surface area contributed by atoms with Crippen LogP contribution in [0, 0.1) is 0 Å². The van der Waals surface area contributed by atoms with E-state index >= 15 is 0 Å². The molecule has 2 rings (SSSR count). The first-order chi connectivity index (χ1) is 8.88. The van der Waals surface area contributed by atoms with Crippen LogP contribution in [0.4, 0.5) is 0 Å². The third kappa shape index (κ3) is 3.09. The van der Waals surface area contributed by atoms with Gasteiger partial charge < -0.3 is 19.7 Å². The Hall–Kier alpha value is -0.650. The fourth-order valence-corrected chi connectivity index (χ4v) is 3.23. The van der Waals surface area contributed by atoms with E-state index in [0.717, 1.165) is 25.9 Å². The fourth-order valence-electron chi connectivity index (χ4n) is 3.23. The van der Waals surface area contributed by atoms with Gasteiger partial charge in [-0.1, -0.05) is 0 Å².